The smallest absolute Gasteiger partial charge is 0.227 e. The van der Waals surface area contributed by atoms with Gasteiger partial charge in [-0.05, 0) is 12.8 Å². The highest BCUT2D eigenvalue weighted by Crippen LogP contribution is 2.62. The van der Waals surface area contributed by atoms with Gasteiger partial charge in [-0.3, -0.25) is 0 Å². The summed E-state index contributed by atoms with van der Waals surface area (Å²) in [5.41, 5.74) is -13.8. The summed E-state index contributed by atoms with van der Waals surface area (Å²) in [5.74, 6) is -15.5. The van der Waals surface area contributed by atoms with Gasteiger partial charge in [0.15, 0.2) is 0 Å². The van der Waals surface area contributed by atoms with E-state index in [0.29, 0.717) is 36.5 Å². The maximum absolute atomic E-state index is 15.1. The molecule has 0 aromatic carbocycles. The summed E-state index contributed by atoms with van der Waals surface area (Å²) in [7, 11) is -10.9. The first-order chi connectivity index (χ1) is 19.0. The zero-order valence-electron chi connectivity index (χ0n) is 19.5. The molecule has 0 amide bonds. The molecule has 0 aliphatic rings. The van der Waals surface area contributed by atoms with Crippen LogP contribution in [0.2, 0.25) is 12.1 Å². The van der Waals surface area contributed by atoms with E-state index in [1.807, 2.05) is 0 Å². The Bertz CT molecular complexity index is 1130. The maximum Gasteiger partial charge on any atom is 0.467 e. The molecule has 0 aliphatic heterocycles. The van der Waals surface area contributed by atoms with Gasteiger partial charge in [0.25, 0.3) is 11.3 Å². The Morgan fingerprint density at radius 2 is 0.595 bits per heavy atom. The fourth-order valence-corrected chi connectivity index (χ4v) is 6.26. The molecule has 0 fully saturated rings. The minimum absolute atomic E-state index is 0.467. The van der Waals surface area contributed by atoms with Crippen LogP contribution in [0.15, 0.2) is 27.9 Å². The average molecular weight is 664 g/mol. The Hall–Kier alpha value is -4.13. The number of alkyl halides is 12. The van der Waals surface area contributed by atoms with E-state index in [1.54, 1.807) is 0 Å². The van der Waals surface area contributed by atoms with Gasteiger partial charge in [-0.25, -0.2) is 37.5 Å². The predicted molar refractivity (Wildman–Crippen MR) is 109 cm³/mol. The molecular weight excluding hydrogens is 656 g/mol. The van der Waals surface area contributed by atoms with Crippen LogP contribution in [-0.2, 0) is 28.8 Å². The molecule has 0 aromatic heterocycles. The summed E-state index contributed by atoms with van der Waals surface area (Å²) in [5, 5.41) is 0. The molecule has 42 heavy (non-hydrogen) atoms. The van der Waals surface area contributed by atoms with E-state index >= 15 is 8.78 Å². The van der Waals surface area contributed by atoms with Gasteiger partial charge < -0.3 is 0 Å². The maximum atomic E-state index is 15.1. The number of halogens is 12. The van der Waals surface area contributed by atoms with Gasteiger partial charge in [0.1, 0.15) is 0 Å². The van der Waals surface area contributed by atoms with Crippen molar-refractivity contribution in [2.75, 3.05) is 0 Å². The summed E-state index contributed by atoms with van der Waals surface area (Å²) in [4.78, 5) is 63.0. The molecule has 0 saturated heterocycles. The van der Waals surface area contributed by atoms with E-state index in [1.165, 1.54) is 0 Å². The monoisotopic (exact) mass is 664 g/mol. The van der Waals surface area contributed by atoms with E-state index in [4.69, 9.17) is 0 Å². The fraction of sp³-hybridized carbons (Fsp3) is 0.625. The third kappa shape index (κ3) is 7.01. The normalized spacial score (nSPS) is 17.7. The Balaban J connectivity index is 7.38. The quantitative estimate of drug-likeness (QED) is 0.112. The second kappa shape index (κ2) is 13.2. The molecule has 2 atom stereocenters. The average Bonchev–Trinajstić information content (AvgIpc) is 2.85. The highest BCUT2D eigenvalue weighted by molar-refractivity contribution is 6.77. The lowest BCUT2D eigenvalue weighted by molar-refractivity contribution is -0.405. The molecule has 12 nitrogen and oxygen atoms in total. The SMILES string of the molecule is O=C=N[Si](CCC(F)(C(F)(F)F)C(F)(F)C(F)(F)C(F)(CC[Si](N=C=O)(N=C=O)N=C=O)C(F)(F)F)(N=C=O)N=C=O. The largest absolute Gasteiger partial charge is 0.467 e. The zero-order valence-corrected chi connectivity index (χ0v) is 21.5. The van der Waals surface area contributed by atoms with Gasteiger partial charge in [-0.2, -0.15) is 71.9 Å². The third-order valence-electron chi connectivity index (χ3n) is 5.25. The summed E-state index contributed by atoms with van der Waals surface area (Å²) in [6.45, 7) is 0. The van der Waals surface area contributed by atoms with Crippen molar-refractivity contribution in [1.82, 2.24) is 0 Å². The lowest BCUT2D eigenvalue weighted by Crippen LogP contribution is -2.72. The minimum Gasteiger partial charge on any atom is -0.227 e. The molecule has 230 valence electrons. The number of isocyanates is 6. The molecule has 0 rings (SSSR count). The van der Waals surface area contributed by atoms with Gasteiger partial charge in [0.05, 0.1) is 0 Å². The van der Waals surface area contributed by atoms with E-state index in [-0.39, 0.29) is 0 Å². The van der Waals surface area contributed by atoms with Gasteiger partial charge in [0.2, 0.25) is 36.5 Å². The van der Waals surface area contributed by atoms with Crippen molar-refractivity contribution >= 4 is 53.6 Å². The van der Waals surface area contributed by atoms with Crippen LogP contribution in [0.4, 0.5) is 52.7 Å². The van der Waals surface area contributed by atoms with E-state index in [0.717, 1.165) is 0 Å². The van der Waals surface area contributed by atoms with Crippen molar-refractivity contribution in [2.24, 2.45) is 27.9 Å². The van der Waals surface area contributed by atoms with E-state index in [2.05, 4.69) is 27.9 Å². The highest BCUT2D eigenvalue weighted by Gasteiger charge is 2.88. The second-order valence-corrected chi connectivity index (χ2v) is 13.0. The van der Waals surface area contributed by atoms with Crippen molar-refractivity contribution < 1.29 is 81.5 Å². The molecule has 0 bridgehead atoms. The minimum atomic E-state index is -7.77. The number of hydrogen-bond donors (Lipinski definition) is 0. The zero-order chi connectivity index (χ0) is 33.3. The molecule has 0 heterocycles. The van der Waals surface area contributed by atoms with Crippen LogP contribution in [0.5, 0.6) is 0 Å². The van der Waals surface area contributed by atoms with Gasteiger partial charge in [0, 0.05) is 12.1 Å². The summed E-state index contributed by atoms with van der Waals surface area (Å²) < 4.78 is 186. The molecule has 0 radical (unpaired) electrons. The molecule has 2 unspecified atom stereocenters. The Labute approximate surface area is 224 Å². The fourth-order valence-electron chi connectivity index (χ4n) is 3.06. The molecular formula is C16H8F12N6O6Si2. The summed E-state index contributed by atoms with van der Waals surface area (Å²) >= 11 is 0. The lowest BCUT2D eigenvalue weighted by Gasteiger charge is -2.44. The summed E-state index contributed by atoms with van der Waals surface area (Å²) in [6, 6.07) is -4.49. The first-order valence-corrected chi connectivity index (χ1v) is 13.9. The number of hydrogen-bond acceptors (Lipinski definition) is 12. The molecule has 0 spiro atoms. The number of nitrogens with zero attached hydrogens (tertiary/aromatic N) is 6. The van der Waals surface area contributed by atoms with Crippen LogP contribution in [-0.4, -0.2) is 89.1 Å². The van der Waals surface area contributed by atoms with Crippen molar-refractivity contribution in [2.45, 2.75) is 60.5 Å². The first kappa shape index (κ1) is 37.9. The lowest BCUT2D eigenvalue weighted by atomic mass is 9.80. The third-order valence-corrected chi connectivity index (χ3v) is 9.78. The van der Waals surface area contributed by atoms with Crippen LogP contribution in [0.25, 0.3) is 0 Å². The Morgan fingerprint density at radius 1 is 0.405 bits per heavy atom. The van der Waals surface area contributed by atoms with E-state index < -0.39 is 77.6 Å². The van der Waals surface area contributed by atoms with Crippen LogP contribution < -0.4 is 0 Å². The van der Waals surface area contributed by atoms with Crippen molar-refractivity contribution in [3.8, 4) is 0 Å². The Morgan fingerprint density at radius 3 is 0.738 bits per heavy atom. The van der Waals surface area contributed by atoms with Crippen LogP contribution in [0, 0.1) is 0 Å². The standard InChI is InChI=1S/C16H8F12N6O6Si2/c17-11(15(23,24)25,1-3-41(29-5-35,30-6-36)31-7-37)13(19,20)14(21,22)12(18,16(26,27)28)2-4-42(32-8-38,33-9-39)34-10-40/h1-4H2. The Kier molecular flexibility index (Phi) is 11.9. The van der Waals surface area contributed by atoms with Gasteiger partial charge in [-0.1, -0.05) is 0 Å². The second-order valence-electron chi connectivity index (χ2n) is 7.51. The topological polar surface area (TPSA) is 177 Å². The molecule has 0 aliphatic carbocycles. The van der Waals surface area contributed by atoms with Crippen LogP contribution >= 0.6 is 0 Å². The molecule has 0 aromatic rings. The van der Waals surface area contributed by atoms with Crippen LogP contribution in [0.1, 0.15) is 12.8 Å². The molecule has 26 heteroatoms. The summed E-state index contributed by atoms with van der Waals surface area (Å²) in [6.07, 6.45) is -18.2. The van der Waals surface area contributed by atoms with Crippen molar-refractivity contribution in [3.05, 3.63) is 0 Å². The number of rotatable bonds is 15. The highest BCUT2D eigenvalue weighted by atomic mass is 28.4. The van der Waals surface area contributed by atoms with Gasteiger partial charge in [-0.15, -0.1) is 0 Å². The molecule has 0 saturated carbocycles. The van der Waals surface area contributed by atoms with Crippen LogP contribution in [0.3, 0.4) is 0 Å². The van der Waals surface area contributed by atoms with Crippen molar-refractivity contribution in [3.63, 3.8) is 0 Å². The predicted octanol–water partition coefficient (Wildman–Crippen LogP) is 3.47. The first-order valence-electron chi connectivity index (χ1n) is 9.84. The molecule has 0 N–H and O–H groups in total. The number of carbonyl (C=O) groups excluding carboxylic acids is 6. The van der Waals surface area contributed by atoms with Crippen molar-refractivity contribution in [1.29, 1.82) is 0 Å². The van der Waals surface area contributed by atoms with Gasteiger partial charge >= 0.3 is 41.3 Å². The van der Waals surface area contributed by atoms with E-state index in [9.17, 15) is 72.7 Å².